The number of alkyl halides is 3. The Morgan fingerprint density at radius 2 is 2.05 bits per heavy atom. The zero-order chi connectivity index (χ0) is 15.2. The van der Waals surface area contributed by atoms with Gasteiger partial charge in [0.25, 0.3) is 6.08 Å². The predicted octanol–water partition coefficient (Wildman–Crippen LogP) is 3.99. The van der Waals surface area contributed by atoms with Crippen molar-refractivity contribution < 1.29 is 26.7 Å². The van der Waals surface area contributed by atoms with Crippen LogP contribution in [-0.4, -0.2) is 10.9 Å². The maximum absolute atomic E-state index is 12.4. The van der Waals surface area contributed by atoms with Crippen molar-refractivity contribution in [2.24, 2.45) is 0 Å². The van der Waals surface area contributed by atoms with E-state index >= 15 is 0 Å². The molecule has 0 saturated carbocycles. The van der Waals surface area contributed by atoms with E-state index < -0.39 is 23.7 Å². The summed E-state index contributed by atoms with van der Waals surface area (Å²) in [6.07, 6.45) is -4.64. The van der Waals surface area contributed by atoms with E-state index in [4.69, 9.17) is 0 Å². The van der Waals surface area contributed by atoms with Gasteiger partial charge < -0.3 is 5.32 Å². The van der Waals surface area contributed by atoms with Gasteiger partial charge in [-0.2, -0.15) is 22.0 Å². The number of pyridine rings is 1. The lowest BCUT2D eigenvalue weighted by Crippen LogP contribution is -2.13. The minimum atomic E-state index is -4.52. The quantitative estimate of drug-likeness (QED) is 0.659. The van der Waals surface area contributed by atoms with Gasteiger partial charge in [0, 0.05) is 12.6 Å². The van der Waals surface area contributed by atoms with Crippen LogP contribution in [0.1, 0.15) is 24.8 Å². The van der Waals surface area contributed by atoms with Crippen LogP contribution in [0.25, 0.3) is 0 Å². The Morgan fingerprint density at radius 3 is 2.65 bits per heavy atom. The lowest BCUT2D eigenvalue weighted by molar-refractivity contribution is -0.137. The Balaban J connectivity index is 2.52. The molecule has 1 amide bonds. The molecule has 0 atom stereocenters. The molecule has 1 N–H and O–H groups in total. The van der Waals surface area contributed by atoms with Gasteiger partial charge in [-0.05, 0) is 31.1 Å². The largest absolute Gasteiger partial charge is 0.416 e. The van der Waals surface area contributed by atoms with Crippen molar-refractivity contribution in [1.82, 2.24) is 4.98 Å². The van der Waals surface area contributed by atoms with Crippen molar-refractivity contribution in [1.29, 1.82) is 0 Å². The molecule has 0 saturated heterocycles. The van der Waals surface area contributed by atoms with Crippen LogP contribution in [0.5, 0.6) is 0 Å². The zero-order valence-corrected chi connectivity index (χ0v) is 10.2. The lowest BCUT2D eigenvalue weighted by Gasteiger charge is -2.08. The number of hydrogen-bond acceptors (Lipinski definition) is 2. The lowest BCUT2D eigenvalue weighted by atomic mass is 10.2. The molecule has 20 heavy (non-hydrogen) atoms. The van der Waals surface area contributed by atoms with Gasteiger partial charge in [-0.1, -0.05) is 0 Å². The second-order valence-corrected chi connectivity index (χ2v) is 3.86. The van der Waals surface area contributed by atoms with E-state index in [9.17, 15) is 26.7 Å². The number of amides is 1. The molecule has 0 unspecified atom stereocenters. The number of hydrogen-bond donors (Lipinski definition) is 1. The first-order valence-corrected chi connectivity index (χ1v) is 5.63. The van der Waals surface area contributed by atoms with E-state index in [1.807, 2.05) is 0 Å². The summed E-state index contributed by atoms with van der Waals surface area (Å²) in [5.74, 6) is -0.804. The van der Waals surface area contributed by atoms with Gasteiger partial charge in [0.15, 0.2) is 0 Å². The summed E-state index contributed by atoms with van der Waals surface area (Å²) in [6, 6.07) is 1.49. The number of carbonyl (C=O) groups is 1. The molecule has 3 nitrogen and oxygen atoms in total. The first kappa shape index (κ1) is 16.1. The predicted molar refractivity (Wildman–Crippen MR) is 62.0 cm³/mol. The molecule has 0 spiro atoms. The Bertz CT molecular complexity index is 495. The summed E-state index contributed by atoms with van der Waals surface area (Å²) < 4.78 is 60.6. The van der Waals surface area contributed by atoms with Gasteiger partial charge >= 0.3 is 6.18 Å². The molecular formula is C12H11F5N2O. The van der Waals surface area contributed by atoms with Crippen LogP contribution < -0.4 is 5.32 Å². The van der Waals surface area contributed by atoms with Crippen molar-refractivity contribution in [3.05, 3.63) is 36.0 Å². The molecule has 0 bridgehead atoms. The number of halogens is 5. The zero-order valence-electron chi connectivity index (χ0n) is 10.2. The maximum Gasteiger partial charge on any atom is 0.416 e. The minimum Gasteiger partial charge on any atom is -0.311 e. The number of nitrogens with zero attached hydrogens (tertiary/aromatic N) is 1. The monoisotopic (exact) mass is 294 g/mol. The number of anilines is 1. The minimum absolute atomic E-state index is 0.0196. The van der Waals surface area contributed by atoms with Crippen molar-refractivity contribution >= 4 is 11.7 Å². The number of aromatic nitrogens is 1. The number of allylic oxidation sites excluding steroid dienone is 1. The topological polar surface area (TPSA) is 42.0 Å². The molecule has 0 fully saturated rings. The Labute approximate surface area is 111 Å². The van der Waals surface area contributed by atoms with E-state index in [-0.39, 0.29) is 25.1 Å². The molecule has 8 heteroatoms. The number of nitrogens with one attached hydrogen (secondary N) is 1. The molecule has 0 aromatic carbocycles. The van der Waals surface area contributed by atoms with Crippen molar-refractivity contribution in [2.45, 2.75) is 25.4 Å². The number of unbranched alkanes of at least 4 members (excludes halogenated alkanes) is 1. The standard InChI is InChI=1S/C12H11F5N2O/c13-9(14)3-1-2-4-11(20)19-10-7-8(5-6-18-10)12(15,16)17/h3,5-7H,1-2,4H2,(H,18,19,20). The first-order valence-electron chi connectivity index (χ1n) is 5.63. The third-order valence-corrected chi connectivity index (χ3v) is 2.26. The highest BCUT2D eigenvalue weighted by Crippen LogP contribution is 2.29. The fourth-order valence-electron chi connectivity index (χ4n) is 1.35. The number of rotatable bonds is 5. The fraction of sp³-hybridized carbons (Fsp3) is 0.333. The Hall–Kier alpha value is -1.99. The summed E-state index contributed by atoms with van der Waals surface area (Å²) in [7, 11) is 0. The molecule has 0 aliphatic rings. The van der Waals surface area contributed by atoms with Crippen LogP contribution in [-0.2, 0) is 11.0 Å². The summed E-state index contributed by atoms with van der Waals surface area (Å²) in [6.45, 7) is 0. The average molecular weight is 294 g/mol. The van der Waals surface area contributed by atoms with E-state index in [1.165, 1.54) is 0 Å². The summed E-state index contributed by atoms with van der Waals surface area (Å²) in [4.78, 5) is 15.0. The second kappa shape index (κ2) is 6.97. The third-order valence-electron chi connectivity index (χ3n) is 2.26. The summed E-state index contributed by atoms with van der Waals surface area (Å²) in [5, 5.41) is 2.18. The van der Waals surface area contributed by atoms with Gasteiger partial charge in [-0.15, -0.1) is 0 Å². The Kier molecular flexibility index (Phi) is 5.60. The van der Waals surface area contributed by atoms with Gasteiger partial charge in [0.2, 0.25) is 5.91 Å². The maximum atomic E-state index is 12.4. The molecule has 1 rings (SSSR count). The highest BCUT2D eigenvalue weighted by molar-refractivity contribution is 5.89. The van der Waals surface area contributed by atoms with Crippen LogP contribution in [0.3, 0.4) is 0 Å². The fourth-order valence-corrected chi connectivity index (χ4v) is 1.35. The SMILES string of the molecule is O=C(CCCC=C(F)F)Nc1cc(C(F)(F)F)ccn1. The molecule has 1 aromatic heterocycles. The van der Waals surface area contributed by atoms with Crippen molar-refractivity contribution in [3.8, 4) is 0 Å². The number of carbonyl (C=O) groups excluding carboxylic acids is 1. The van der Waals surface area contributed by atoms with Gasteiger partial charge in [-0.25, -0.2) is 4.98 Å². The molecule has 0 aliphatic carbocycles. The summed E-state index contributed by atoms with van der Waals surface area (Å²) in [5.41, 5.74) is -0.926. The van der Waals surface area contributed by atoms with E-state index in [1.54, 1.807) is 0 Å². The van der Waals surface area contributed by atoms with Crippen LogP contribution in [0.2, 0.25) is 0 Å². The van der Waals surface area contributed by atoms with Gasteiger partial charge in [-0.3, -0.25) is 4.79 Å². The molecular weight excluding hydrogens is 283 g/mol. The van der Waals surface area contributed by atoms with Crippen LogP contribution >= 0.6 is 0 Å². The van der Waals surface area contributed by atoms with E-state index in [0.717, 1.165) is 12.3 Å². The third kappa shape index (κ3) is 5.77. The molecule has 1 heterocycles. The Morgan fingerprint density at radius 1 is 1.35 bits per heavy atom. The van der Waals surface area contributed by atoms with Crippen molar-refractivity contribution in [2.75, 3.05) is 5.32 Å². The molecule has 0 aliphatic heterocycles. The van der Waals surface area contributed by atoms with E-state index in [0.29, 0.717) is 12.1 Å². The van der Waals surface area contributed by atoms with Crippen LogP contribution in [0.15, 0.2) is 30.5 Å². The van der Waals surface area contributed by atoms with Crippen LogP contribution in [0, 0.1) is 0 Å². The molecule has 110 valence electrons. The van der Waals surface area contributed by atoms with Gasteiger partial charge in [0.05, 0.1) is 5.56 Å². The molecule has 1 aromatic rings. The van der Waals surface area contributed by atoms with E-state index in [2.05, 4.69) is 10.3 Å². The highest BCUT2D eigenvalue weighted by Gasteiger charge is 2.30. The second-order valence-electron chi connectivity index (χ2n) is 3.86. The summed E-state index contributed by atoms with van der Waals surface area (Å²) >= 11 is 0. The smallest absolute Gasteiger partial charge is 0.311 e. The molecule has 0 radical (unpaired) electrons. The first-order chi connectivity index (χ1) is 9.29. The van der Waals surface area contributed by atoms with Crippen molar-refractivity contribution in [3.63, 3.8) is 0 Å². The van der Waals surface area contributed by atoms with Crippen LogP contribution in [0.4, 0.5) is 27.8 Å². The highest BCUT2D eigenvalue weighted by atomic mass is 19.4. The average Bonchev–Trinajstić information content (AvgIpc) is 2.34. The normalized spacial score (nSPS) is 11.1. The van der Waals surface area contributed by atoms with Gasteiger partial charge in [0.1, 0.15) is 5.82 Å².